The highest BCUT2D eigenvalue weighted by molar-refractivity contribution is 5.77. The third kappa shape index (κ3) is 4.76. The van der Waals surface area contributed by atoms with E-state index in [0.717, 1.165) is 36.5 Å². The van der Waals surface area contributed by atoms with Gasteiger partial charge in [-0.05, 0) is 33.2 Å². The number of aliphatic hydroxyl groups is 1. The molecule has 10 nitrogen and oxygen atoms in total. The normalized spacial score (nSPS) is 14.5. The number of aromatic nitrogens is 5. The number of aryl methyl sites for hydroxylation is 1. The minimum atomic E-state index is 0.0222. The largest absolute Gasteiger partial charge is 0.395 e. The average molecular weight is 427 g/mol. The molecule has 0 unspecified atom stereocenters. The lowest BCUT2D eigenvalue weighted by molar-refractivity contribution is 0.122. The van der Waals surface area contributed by atoms with Crippen molar-refractivity contribution < 1.29 is 9.84 Å². The molecule has 166 valence electrons. The summed E-state index contributed by atoms with van der Waals surface area (Å²) in [5, 5.41) is 9.65. The minimum absolute atomic E-state index is 0.0222. The van der Waals surface area contributed by atoms with E-state index < -0.39 is 0 Å². The van der Waals surface area contributed by atoms with Crippen LogP contribution in [0, 0.1) is 6.92 Å². The minimum Gasteiger partial charge on any atom is -0.395 e. The van der Waals surface area contributed by atoms with Gasteiger partial charge in [0.05, 0.1) is 30.9 Å². The van der Waals surface area contributed by atoms with Gasteiger partial charge in [-0.15, -0.1) is 0 Å². The number of para-hydroxylation sites is 2. The highest BCUT2D eigenvalue weighted by Gasteiger charge is 2.21. The number of ether oxygens (including phenoxy) is 1. The smallest absolute Gasteiger partial charge is 0.242 e. The number of fused-ring (bicyclic) bond motifs is 1. The number of anilines is 2. The number of imidazole rings is 1. The zero-order valence-electron chi connectivity index (χ0n) is 18.4. The van der Waals surface area contributed by atoms with E-state index >= 15 is 0 Å². The summed E-state index contributed by atoms with van der Waals surface area (Å²) in [7, 11) is 4.05. The van der Waals surface area contributed by atoms with Gasteiger partial charge in [-0.1, -0.05) is 12.1 Å². The zero-order chi connectivity index (χ0) is 21.8. The lowest BCUT2D eigenvalue weighted by Crippen LogP contribution is -2.39. The van der Waals surface area contributed by atoms with Crippen molar-refractivity contribution in [3.05, 3.63) is 30.1 Å². The maximum atomic E-state index is 9.65. The molecule has 3 heterocycles. The van der Waals surface area contributed by atoms with Gasteiger partial charge in [0.1, 0.15) is 5.82 Å². The van der Waals surface area contributed by atoms with E-state index in [1.54, 1.807) is 0 Å². The first-order chi connectivity index (χ1) is 15.1. The molecule has 0 radical (unpaired) electrons. The molecule has 2 aromatic heterocycles. The van der Waals surface area contributed by atoms with Gasteiger partial charge in [0.25, 0.3) is 0 Å². The lowest BCUT2D eigenvalue weighted by atomic mass is 10.3. The van der Waals surface area contributed by atoms with Gasteiger partial charge in [-0.3, -0.25) is 4.57 Å². The summed E-state index contributed by atoms with van der Waals surface area (Å²) in [6.45, 7) is 6.68. The second kappa shape index (κ2) is 9.54. The fourth-order valence-corrected chi connectivity index (χ4v) is 3.64. The Bertz CT molecular complexity index is 1020. The van der Waals surface area contributed by atoms with Crippen LogP contribution in [0.1, 0.15) is 5.82 Å². The Morgan fingerprint density at radius 2 is 1.71 bits per heavy atom. The van der Waals surface area contributed by atoms with E-state index in [1.165, 1.54) is 0 Å². The number of rotatable bonds is 8. The molecule has 1 aliphatic heterocycles. The molecular weight excluding hydrogens is 396 g/mol. The first-order valence-electron chi connectivity index (χ1n) is 10.6. The lowest BCUT2D eigenvalue weighted by Gasteiger charge is -2.29. The number of aliphatic hydroxyl groups excluding tert-OH is 1. The molecule has 0 atom stereocenters. The zero-order valence-corrected chi connectivity index (χ0v) is 18.4. The van der Waals surface area contributed by atoms with Crippen LogP contribution in [-0.4, -0.2) is 101 Å². The molecular formula is C21H30N8O2. The molecule has 10 heteroatoms. The van der Waals surface area contributed by atoms with Gasteiger partial charge in [-0.25, -0.2) is 4.98 Å². The Labute approximate surface area is 182 Å². The molecule has 4 rings (SSSR count). The maximum Gasteiger partial charge on any atom is 0.242 e. The van der Waals surface area contributed by atoms with Gasteiger partial charge < -0.3 is 24.5 Å². The van der Waals surface area contributed by atoms with Crippen molar-refractivity contribution in [2.75, 3.05) is 76.4 Å². The molecule has 1 fully saturated rings. The molecule has 0 amide bonds. The van der Waals surface area contributed by atoms with Crippen LogP contribution in [-0.2, 0) is 4.74 Å². The van der Waals surface area contributed by atoms with Gasteiger partial charge in [-0.2, -0.15) is 15.0 Å². The number of nitrogens with zero attached hydrogens (tertiary/aromatic N) is 8. The number of morpholine rings is 1. The van der Waals surface area contributed by atoms with E-state index in [1.807, 2.05) is 54.8 Å². The Morgan fingerprint density at radius 1 is 0.968 bits per heavy atom. The van der Waals surface area contributed by atoms with Crippen LogP contribution in [0.4, 0.5) is 11.9 Å². The van der Waals surface area contributed by atoms with Crippen LogP contribution < -0.4 is 9.80 Å². The SMILES string of the molecule is Cc1nc2ccccc2n1-c1nc(N2CCOCC2)nc(N(CCO)CCN(C)C)n1. The first kappa shape index (κ1) is 21.4. The van der Waals surface area contributed by atoms with E-state index in [9.17, 15) is 5.11 Å². The summed E-state index contributed by atoms with van der Waals surface area (Å²) >= 11 is 0. The van der Waals surface area contributed by atoms with E-state index in [-0.39, 0.29) is 6.61 Å². The van der Waals surface area contributed by atoms with Crippen LogP contribution >= 0.6 is 0 Å². The Hall–Kier alpha value is -2.82. The second-order valence-corrected chi connectivity index (χ2v) is 7.83. The van der Waals surface area contributed by atoms with Gasteiger partial charge in [0.15, 0.2) is 0 Å². The van der Waals surface area contributed by atoms with Gasteiger partial charge >= 0.3 is 0 Å². The monoisotopic (exact) mass is 426 g/mol. The average Bonchev–Trinajstić information content (AvgIpc) is 3.12. The van der Waals surface area contributed by atoms with Crippen LogP contribution in [0.25, 0.3) is 17.0 Å². The van der Waals surface area contributed by atoms with E-state index in [4.69, 9.17) is 19.7 Å². The number of hydrogen-bond donors (Lipinski definition) is 1. The fraction of sp³-hybridized carbons (Fsp3) is 0.524. The molecule has 0 spiro atoms. The maximum absolute atomic E-state index is 9.65. The van der Waals surface area contributed by atoms with Crippen LogP contribution in [0.15, 0.2) is 24.3 Å². The van der Waals surface area contributed by atoms with Gasteiger partial charge in [0.2, 0.25) is 17.8 Å². The molecule has 0 saturated carbocycles. The summed E-state index contributed by atoms with van der Waals surface area (Å²) < 4.78 is 7.47. The summed E-state index contributed by atoms with van der Waals surface area (Å²) in [5.41, 5.74) is 1.85. The Balaban J connectivity index is 1.81. The molecule has 1 aliphatic rings. The molecule has 3 aromatic rings. The predicted molar refractivity (Wildman–Crippen MR) is 120 cm³/mol. The fourth-order valence-electron chi connectivity index (χ4n) is 3.64. The van der Waals surface area contributed by atoms with Crippen LogP contribution in [0.3, 0.4) is 0 Å². The van der Waals surface area contributed by atoms with Crippen LogP contribution in [0.2, 0.25) is 0 Å². The van der Waals surface area contributed by atoms with Crippen molar-refractivity contribution in [3.63, 3.8) is 0 Å². The van der Waals surface area contributed by atoms with Crippen molar-refractivity contribution in [1.29, 1.82) is 0 Å². The topological polar surface area (TPSA) is 95.7 Å². The quantitative estimate of drug-likeness (QED) is 0.559. The first-order valence-corrected chi connectivity index (χ1v) is 10.6. The van der Waals surface area contributed by atoms with Crippen molar-refractivity contribution in [2.24, 2.45) is 0 Å². The van der Waals surface area contributed by atoms with Crippen LogP contribution in [0.5, 0.6) is 0 Å². The Kier molecular flexibility index (Phi) is 6.59. The second-order valence-electron chi connectivity index (χ2n) is 7.83. The molecule has 0 aliphatic carbocycles. The summed E-state index contributed by atoms with van der Waals surface area (Å²) in [5.74, 6) is 2.52. The molecule has 0 bridgehead atoms. The highest BCUT2D eigenvalue weighted by atomic mass is 16.5. The van der Waals surface area contributed by atoms with Crippen molar-refractivity contribution >= 4 is 22.9 Å². The van der Waals surface area contributed by atoms with Crippen molar-refractivity contribution in [1.82, 2.24) is 29.4 Å². The summed E-state index contributed by atoms with van der Waals surface area (Å²) in [6, 6.07) is 7.96. The molecule has 1 N–H and O–H groups in total. The standard InChI is InChI=1S/C21H30N8O2/c1-16-22-17-6-4-5-7-18(17)29(16)21-24-19(27(10-13-30)9-8-26(2)3)23-20(25-21)28-11-14-31-15-12-28/h4-7,30H,8-15H2,1-3H3. The molecule has 1 aromatic carbocycles. The van der Waals surface area contributed by atoms with Gasteiger partial charge in [0, 0.05) is 32.7 Å². The third-order valence-corrected chi connectivity index (χ3v) is 5.29. The number of hydrogen-bond acceptors (Lipinski definition) is 9. The number of likely N-dealkylation sites (N-methyl/N-ethyl adjacent to an activating group) is 1. The summed E-state index contributed by atoms with van der Waals surface area (Å²) in [6.07, 6.45) is 0. The van der Waals surface area contributed by atoms with Crippen molar-refractivity contribution in [3.8, 4) is 5.95 Å². The highest BCUT2D eigenvalue weighted by Crippen LogP contribution is 2.23. The molecule has 1 saturated heterocycles. The number of benzene rings is 1. The predicted octanol–water partition coefficient (Wildman–Crippen LogP) is 0.716. The van der Waals surface area contributed by atoms with E-state index in [0.29, 0.717) is 44.1 Å². The Morgan fingerprint density at radius 3 is 2.45 bits per heavy atom. The molecule has 31 heavy (non-hydrogen) atoms. The van der Waals surface area contributed by atoms with E-state index in [2.05, 4.69) is 14.8 Å². The summed E-state index contributed by atoms with van der Waals surface area (Å²) in [4.78, 5) is 25.3. The van der Waals surface area contributed by atoms with Crippen molar-refractivity contribution in [2.45, 2.75) is 6.92 Å². The third-order valence-electron chi connectivity index (χ3n) is 5.29.